The lowest BCUT2D eigenvalue weighted by Crippen LogP contribution is -2.57. The van der Waals surface area contributed by atoms with Crippen molar-refractivity contribution >= 4 is 80.7 Å². The molecular weight excluding hydrogens is 1170 g/mol. The lowest BCUT2D eigenvalue weighted by atomic mass is 9.88. The van der Waals surface area contributed by atoms with Crippen molar-refractivity contribution in [2.75, 3.05) is 56.3 Å². The number of thioether (sulfide) groups is 2. The first-order valence-corrected chi connectivity index (χ1v) is 33.0. The first-order valence-electron chi connectivity index (χ1n) is 29.6. The molecule has 0 aliphatic carbocycles. The smallest absolute Gasteiger partial charge is 0.329 e. The number of hydrogen-bond acceptors (Lipinski definition) is 17. The van der Waals surface area contributed by atoms with Crippen LogP contribution in [0.25, 0.3) is 0 Å². The van der Waals surface area contributed by atoms with Crippen LogP contribution in [0.2, 0.25) is 0 Å². The number of carbonyl (C=O) groups is 7. The van der Waals surface area contributed by atoms with Crippen LogP contribution < -0.4 is 15.5 Å². The zero-order valence-electron chi connectivity index (χ0n) is 51.5. The van der Waals surface area contributed by atoms with Crippen LogP contribution in [0.1, 0.15) is 112 Å². The minimum absolute atomic E-state index is 0.0240. The van der Waals surface area contributed by atoms with Crippen molar-refractivity contribution in [2.45, 2.75) is 158 Å². The Labute approximate surface area is 519 Å². The summed E-state index contributed by atoms with van der Waals surface area (Å²) in [6, 6.07) is 17.8. The lowest BCUT2D eigenvalue weighted by Gasteiger charge is -2.36. The maximum atomic E-state index is 14.2. The molecule has 87 heavy (non-hydrogen) atoms. The van der Waals surface area contributed by atoms with E-state index < -0.39 is 72.6 Å². The molecule has 0 bridgehead atoms. The molecule has 0 unspecified atom stereocenters. The van der Waals surface area contributed by atoms with Gasteiger partial charge in [0.05, 0.1) is 30.3 Å². The molecule has 4 atom stereocenters. The van der Waals surface area contributed by atoms with E-state index in [1.807, 2.05) is 30.9 Å². The van der Waals surface area contributed by atoms with Gasteiger partial charge >= 0.3 is 18.0 Å². The fourth-order valence-corrected chi connectivity index (χ4v) is 15.4. The van der Waals surface area contributed by atoms with Crippen molar-refractivity contribution in [3.63, 3.8) is 0 Å². The van der Waals surface area contributed by atoms with Crippen LogP contribution in [-0.2, 0) is 67.5 Å². The fraction of sp³-hybridized carbons (Fsp3) is 0.540. The number of piperazine rings is 1. The van der Waals surface area contributed by atoms with Gasteiger partial charge in [0, 0.05) is 92.3 Å². The molecule has 4 fully saturated rings. The largest absolute Gasteiger partial charge is 0.460 e. The van der Waals surface area contributed by atoms with Gasteiger partial charge in [-0.25, -0.2) is 18.0 Å². The van der Waals surface area contributed by atoms with Crippen molar-refractivity contribution in [1.82, 2.24) is 39.4 Å². The SMILES string of the molecule is CC(C)(C)OC(=O)[C@@H](CC(=O)[C@H]1N(Oc2cccnc2)CSC1(C)C)Cc1ccc(NC(=O)N2CCC(CC(=O)N3CCN(C(=O)Cc4ccc(C[C@H](NC(=O)[C@H]5N(S(=O)(=O)c6cccnc6)CSC5(C)C)C(=O)OC(C)(C)C)cc4)CC3)CC2)cc1. The maximum Gasteiger partial charge on any atom is 0.329 e. The first kappa shape index (κ1) is 66.4. The molecule has 2 aromatic carbocycles. The van der Waals surface area contributed by atoms with Crippen molar-refractivity contribution < 1.29 is 56.3 Å². The van der Waals surface area contributed by atoms with Gasteiger partial charge < -0.3 is 39.6 Å². The second-order valence-electron chi connectivity index (χ2n) is 25.8. The van der Waals surface area contributed by atoms with Crippen LogP contribution in [-0.4, -0.2) is 174 Å². The fourth-order valence-electron chi connectivity index (χ4n) is 11.2. The van der Waals surface area contributed by atoms with E-state index in [1.165, 1.54) is 36.3 Å². The number of nitrogens with one attached hydrogen (secondary N) is 2. The molecule has 2 aromatic heterocycles. The molecule has 4 saturated heterocycles. The highest BCUT2D eigenvalue weighted by molar-refractivity contribution is 8.02. The molecule has 21 nitrogen and oxygen atoms in total. The number of esters is 2. The van der Waals surface area contributed by atoms with Crippen molar-refractivity contribution in [2.24, 2.45) is 11.8 Å². The van der Waals surface area contributed by atoms with Gasteiger partial charge in [0.15, 0.2) is 11.5 Å². The van der Waals surface area contributed by atoms with Crippen LogP contribution in [0.5, 0.6) is 5.75 Å². The number of likely N-dealkylation sites (tertiary alicyclic amines) is 1. The highest BCUT2D eigenvalue weighted by Crippen LogP contribution is 2.43. The minimum Gasteiger partial charge on any atom is -0.460 e. The standard InChI is InChI=1S/C63H83N9O12S3/c1-60(2,3)82-57(77)46(37-51(73)54-62(7,8)85-40-71(54)84-48-13-11-25-64-38-48)33-42-19-21-47(22-20-42)66-59(79)70-27-23-45(24-28-70)36-53(75)69-31-29-68(30-32-69)52(74)35-44-17-15-43(16-18-44)34-50(58(78)83-61(4,5)6)67-56(76)55-63(9,10)86-41-72(55)87(80,81)49-14-12-26-65-39-49/h11-22,25-26,38-39,45-46,50,54-55H,23-24,27-37,40-41H2,1-10H3,(H,66,79)(H,67,76)/t46-,50+,54-,55-/m1/s1. The second-order valence-corrected chi connectivity index (χ2v) is 30.8. The maximum absolute atomic E-state index is 14.2. The molecular formula is C63H83N9O12S3. The molecule has 4 aliphatic rings. The monoisotopic (exact) mass is 1250 g/mol. The molecule has 5 amide bonds. The summed E-state index contributed by atoms with van der Waals surface area (Å²) in [6.07, 6.45) is 7.98. The van der Waals surface area contributed by atoms with Gasteiger partial charge in [-0.15, -0.1) is 28.6 Å². The molecule has 6 heterocycles. The molecule has 0 saturated carbocycles. The number of urea groups is 1. The first-order chi connectivity index (χ1) is 40.9. The Morgan fingerprint density at radius 2 is 1.21 bits per heavy atom. The lowest BCUT2D eigenvalue weighted by molar-refractivity contribution is -0.162. The number of ketones is 1. The number of anilines is 1. The predicted octanol–water partition coefficient (Wildman–Crippen LogP) is 7.54. The van der Waals surface area contributed by atoms with Crippen molar-refractivity contribution in [3.8, 4) is 5.75 Å². The van der Waals surface area contributed by atoms with E-state index in [4.69, 9.17) is 14.3 Å². The van der Waals surface area contributed by atoms with Gasteiger partial charge in [-0.2, -0.15) is 4.31 Å². The number of aromatic nitrogens is 2. The summed E-state index contributed by atoms with van der Waals surface area (Å²) in [5, 5.41) is 7.48. The zero-order chi connectivity index (χ0) is 63.1. The van der Waals surface area contributed by atoms with E-state index in [-0.39, 0.29) is 66.0 Å². The number of hydrogen-bond donors (Lipinski definition) is 2. The molecule has 0 radical (unpaired) electrons. The summed E-state index contributed by atoms with van der Waals surface area (Å²) in [6.45, 7) is 20.7. The average Bonchev–Trinajstić information content (AvgIpc) is 2.04. The normalized spacial score (nSPS) is 20.0. The van der Waals surface area contributed by atoms with E-state index >= 15 is 0 Å². The molecule has 4 aliphatic heterocycles. The Morgan fingerprint density at radius 1 is 0.655 bits per heavy atom. The molecule has 2 N–H and O–H groups in total. The number of benzene rings is 2. The van der Waals surface area contributed by atoms with Gasteiger partial charge in [0.1, 0.15) is 34.2 Å². The highest BCUT2D eigenvalue weighted by Gasteiger charge is 2.52. The topological polar surface area (TPSA) is 247 Å². The third-order valence-corrected chi connectivity index (χ3v) is 20.4. The van der Waals surface area contributed by atoms with Crippen LogP contribution in [0.15, 0.2) is 102 Å². The summed E-state index contributed by atoms with van der Waals surface area (Å²) in [7, 11) is -4.11. The summed E-state index contributed by atoms with van der Waals surface area (Å²) >= 11 is 2.92. The van der Waals surface area contributed by atoms with E-state index in [0.29, 0.717) is 81.4 Å². The Bertz CT molecular complexity index is 3200. The summed E-state index contributed by atoms with van der Waals surface area (Å²) in [5.74, 6) is -1.62. The summed E-state index contributed by atoms with van der Waals surface area (Å²) < 4.78 is 38.9. The number of ether oxygens (including phenoxy) is 2. The minimum atomic E-state index is -4.11. The van der Waals surface area contributed by atoms with E-state index in [2.05, 4.69) is 20.6 Å². The number of rotatable bonds is 20. The summed E-state index contributed by atoms with van der Waals surface area (Å²) in [5.41, 5.74) is 1.18. The molecule has 24 heteroatoms. The second kappa shape index (κ2) is 27.8. The van der Waals surface area contributed by atoms with Crippen LogP contribution >= 0.6 is 23.5 Å². The van der Waals surface area contributed by atoms with Gasteiger partial charge in [0.2, 0.25) is 27.7 Å². The van der Waals surface area contributed by atoms with Gasteiger partial charge in [-0.1, -0.05) is 36.4 Å². The van der Waals surface area contributed by atoms with Crippen molar-refractivity contribution in [1.29, 1.82) is 0 Å². The predicted molar refractivity (Wildman–Crippen MR) is 332 cm³/mol. The van der Waals surface area contributed by atoms with Gasteiger partial charge in [-0.05, 0) is 148 Å². The van der Waals surface area contributed by atoms with E-state index in [9.17, 15) is 42.0 Å². The Morgan fingerprint density at radius 3 is 1.80 bits per heavy atom. The average molecular weight is 1250 g/mol. The molecule has 0 spiro atoms. The number of pyridine rings is 2. The number of nitrogens with zero attached hydrogens (tertiary/aromatic N) is 7. The highest BCUT2D eigenvalue weighted by atomic mass is 32.2. The number of carbonyl (C=O) groups excluding carboxylic acids is 7. The molecule has 470 valence electrons. The zero-order valence-corrected chi connectivity index (χ0v) is 53.9. The molecule has 8 rings (SSSR count). The Kier molecular flexibility index (Phi) is 21.2. The number of hydroxylamine groups is 2. The quantitative estimate of drug-likeness (QED) is 0.0811. The number of Topliss-reactive ketones (excluding diaryl/α,β-unsaturated/α-hetero) is 1. The van der Waals surface area contributed by atoms with Gasteiger partial charge in [-0.3, -0.25) is 33.9 Å². The van der Waals surface area contributed by atoms with E-state index in [0.717, 1.165) is 15.4 Å². The molecule has 4 aromatic rings. The Balaban J connectivity index is 0.773. The summed E-state index contributed by atoms with van der Waals surface area (Å²) in [4.78, 5) is 116. The third-order valence-electron chi connectivity index (χ3n) is 15.7. The van der Waals surface area contributed by atoms with E-state index in [1.54, 1.807) is 143 Å². The van der Waals surface area contributed by atoms with Crippen LogP contribution in [0.3, 0.4) is 0 Å². The van der Waals surface area contributed by atoms with Gasteiger partial charge in [0.25, 0.3) is 0 Å². The van der Waals surface area contributed by atoms with Crippen molar-refractivity contribution in [3.05, 3.63) is 114 Å². The Hall–Kier alpha value is -6.60. The number of amides is 5. The third kappa shape index (κ3) is 17.8. The number of sulfonamides is 1. The van der Waals surface area contributed by atoms with Crippen LogP contribution in [0, 0.1) is 11.8 Å². The number of piperidine rings is 1. The van der Waals surface area contributed by atoms with Crippen LogP contribution in [0.4, 0.5) is 10.5 Å².